The van der Waals surface area contributed by atoms with Gasteiger partial charge in [-0.2, -0.15) is 4.31 Å². The molecule has 0 unspecified atom stereocenters. The molecule has 1 aromatic heterocycles. The molecular weight excluding hydrogens is 312 g/mol. The third-order valence-electron chi connectivity index (χ3n) is 2.20. The van der Waals surface area contributed by atoms with E-state index < -0.39 is 14.9 Å². The Morgan fingerprint density at radius 1 is 1.47 bits per heavy atom. The van der Waals surface area contributed by atoms with E-state index in [9.17, 15) is 18.5 Å². The van der Waals surface area contributed by atoms with Crippen LogP contribution in [0.1, 0.15) is 20.8 Å². The Morgan fingerprint density at radius 2 is 2.00 bits per heavy atom. The minimum atomic E-state index is -3.74. The van der Waals surface area contributed by atoms with Crippen molar-refractivity contribution in [2.45, 2.75) is 25.0 Å². The van der Waals surface area contributed by atoms with Gasteiger partial charge in [0.1, 0.15) is 4.21 Å². The van der Waals surface area contributed by atoms with Crippen LogP contribution < -0.4 is 0 Å². The number of rotatable bonds is 4. The molecule has 0 saturated heterocycles. The Morgan fingerprint density at radius 3 is 2.37 bits per heavy atom. The van der Waals surface area contributed by atoms with Gasteiger partial charge in [-0.1, -0.05) is 32.4 Å². The lowest BCUT2D eigenvalue weighted by Crippen LogP contribution is -2.34. The molecule has 0 fully saturated rings. The molecule has 9 heteroatoms. The zero-order valence-corrected chi connectivity index (χ0v) is 13.4. The molecule has 0 saturated carbocycles. The van der Waals surface area contributed by atoms with E-state index in [1.165, 1.54) is 11.4 Å². The maximum absolute atomic E-state index is 12.3. The summed E-state index contributed by atoms with van der Waals surface area (Å²) in [4.78, 5) is 9.99. The summed E-state index contributed by atoms with van der Waals surface area (Å²) in [6.45, 7) is 6.02. The van der Waals surface area contributed by atoms with Gasteiger partial charge in [0.05, 0.1) is 4.92 Å². The molecule has 1 rings (SSSR count). The Bertz CT molecular complexity index is 589. The molecule has 0 amide bonds. The van der Waals surface area contributed by atoms with Crippen molar-refractivity contribution in [2.24, 2.45) is 5.41 Å². The van der Waals surface area contributed by atoms with Gasteiger partial charge in [0.25, 0.3) is 15.7 Å². The van der Waals surface area contributed by atoms with E-state index in [4.69, 9.17) is 11.6 Å². The van der Waals surface area contributed by atoms with Crippen LogP contribution in [0.15, 0.2) is 10.3 Å². The van der Waals surface area contributed by atoms with Gasteiger partial charge in [0.2, 0.25) is 0 Å². The first-order valence-corrected chi connectivity index (χ1v) is 7.98. The summed E-state index contributed by atoms with van der Waals surface area (Å²) in [5.41, 5.74) is -0.594. The maximum atomic E-state index is 12.3. The van der Waals surface area contributed by atoms with Crippen LogP contribution in [-0.2, 0) is 10.0 Å². The first-order chi connectivity index (χ1) is 8.45. The molecule has 6 nitrogen and oxygen atoms in total. The van der Waals surface area contributed by atoms with Gasteiger partial charge >= 0.3 is 0 Å². The largest absolute Gasteiger partial charge is 0.300 e. The lowest BCUT2D eigenvalue weighted by atomic mass is 9.97. The summed E-state index contributed by atoms with van der Waals surface area (Å²) in [6.07, 6.45) is 0. The Balaban J connectivity index is 3.14. The number of sulfonamides is 1. The van der Waals surface area contributed by atoms with E-state index in [-0.39, 0.29) is 19.6 Å². The minimum absolute atomic E-state index is 0.115. The summed E-state index contributed by atoms with van der Waals surface area (Å²) >= 11 is 6.38. The minimum Gasteiger partial charge on any atom is -0.258 e. The van der Waals surface area contributed by atoms with Gasteiger partial charge in [0.15, 0.2) is 4.34 Å². The molecule has 0 aliphatic rings. The van der Waals surface area contributed by atoms with Gasteiger partial charge < -0.3 is 0 Å². The molecule has 108 valence electrons. The highest BCUT2D eigenvalue weighted by Crippen LogP contribution is 2.37. The Hall–Kier alpha value is -0.700. The quantitative estimate of drug-likeness (QED) is 0.629. The van der Waals surface area contributed by atoms with E-state index >= 15 is 0 Å². The Kier molecular flexibility index (Phi) is 4.61. The second kappa shape index (κ2) is 5.35. The van der Waals surface area contributed by atoms with Crippen LogP contribution in [0.2, 0.25) is 4.34 Å². The van der Waals surface area contributed by atoms with Crippen LogP contribution >= 0.6 is 22.9 Å². The highest BCUT2D eigenvalue weighted by Gasteiger charge is 2.30. The average molecular weight is 327 g/mol. The molecule has 1 aromatic rings. The summed E-state index contributed by atoms with van der Waals surface area (Å²) in [5.74, 6) is 0. The molecule has 0 aliphatic heterocycles. The van der Waals surface area contributed by atoms with Gasteiger partial charge in [-0.3, -0.25) is 10.1 Å². The summed E-state index contributed by atoms with van der Waals surface area (Å²) in [5, 5.41) is 10.7. The topological polar surface area (TPSA) is 80.5 Å². The summed E-state index contributed by atoms with van der Waals surface area (Å²) < 4.78 is 25.4. The van der Waals surface area contributed by atoms with Crippen molar-refractivity contribution in [3.05, 3.63) is 20.5 Å². The van der Waals surface area contributed by atoms with E-state index in [2.05, 4.69) is 0 Å². The number of hydrogen-bond acceptors (Lipinski definition) is 5. The fourth-order valence-electron chi connectivity index (χ4n) is 1.50. The summed E-state index contributed by atoms with van der Waals surface area (Å²) in [7, 11) is -2.30. The number of nitrogens with zero attached hydrogens (tertiary/aromatic N) is 2. The monoisotopic (exact) mass is 326 g/mol. The van der Waals surface area contributed by atoms with Crippen molar-refractivity contribution in [3.63, 3.8) is 0 Å². The predicted molar refractivity (Wildman–Crippen MR) is 75.3 cm³/mol. The van der Waals surface area contributed by atoms with Crippen molar-refractivity contribution in [3.8, 4) is 0 Å². The molecule has 0 N–H and O–H groups in total. The molecule has 1 heterocycles. The second-order valence-corrected chi connectivity index (χ2v) is 9.23. The molecule has 0 radical (unpaired) electrons. The van der Waals surface area contributed by atoms with Crippen molar-refractivity contribution in [1.29, 1.82) is 0 Å². The third-order valence-corrected chi connectivity index (χ3v) is 5.79. The van der Waals surface area contributed by atoms with Crippen LogP contribution in [0.3, 0.4) is 0 Å². The second-order valence-electron chi connectivity index (χ2n) is 5.30. The normalized spacial score (nSPS) is 12.9. The van der Waals surface area contributed by atoms with Gasteiger partial charge in [-0.25, -0.2) is 8.42 Å². The van der Waals surface area contributed by atoms with Gasteiger partial charge in [-0.05, 0) is 5.41 Å². The Labute approximate surface area is 121 Å². The number of nitro groups is 1. The molecule has 0 atom stereocenters. The van der Waals surface area contributed by atoms with Crippen LogP contribution in [0.25, 0.3) is 0 Å². The molecule has 0 aromatic carbocycles. The van der Waals surface area contributed by atoms with Crippen molar-refractivity contribution >= 4 is 38.6 Å². The van der Waals surface area contributed by atoms with Crippen molar-refractivity contribution < 1.29 is 13.3 Å². The molecule has 19 heavy (non-hydrogen) atoms. The first-order valence-electron chi connectivity index (χ1n) is 5.35. The standard InChI is InChI=1S/C10H15ClN2O4S2/c1-10(2,3)6-12(4)19(16,17)8-5-7(13(14)15)9(11)18-8/h5H,6H2,1-4H3. The highest BCUT2D eigenvalue weighted by atomic mass is 35.5. The van der Waals surface area contributed by atoms with Gasteiger partial charge in [0, 0.05) is 19.7 Å². The number of thiophene rings is 1. The van der Waals surface area contributed by atoms with Crippen LogP contribution in [0.5, 0.6) is 0 Å². The van der Waals surface area contributed by atoms with E-state index in [1.807, 2.05) is 20.8 Å². The fourth-order valence-corrected chi connectivity index (χ4v) is 4.77. The molecular formula is C10H15ClN2O4S2. The van der Waals surface area contributed by atoms with Crippen molar-refractivity contribution in [1.82, 2.24) is 4.31 Å². The van der Waals surface area contributed by atoms with Gasteiger partial charge in [-0.15, -0.1) is 11.3 Å². The SMILES string of the molecule is CN(CC(C)(C)C)S(=O)(=O)c1cc([N+](=O)[O-])c(Cl)s1. The highest BCUT2D eigenvalue weighted by molar-refractivity contribution is 7.91. The maximum Gasteiger partial charge on any atom is 0.300 e. The smallest absolute Gasteiger partial charge is 0.258 e. The average Bonchev–Trinajstić information content (AvgIpc) is 2.58. The lowest BCUT2D eigenvalue weighted by Gasteiger charge is -2.25. The summed E-state index contributed by atoms with van der Waals surface area (Å²) in [6, 6.07) is 1.00. The number of hydrogen-bond donors (Lipinski definition) is 0. The van der Waals surface area contributed by atoms with Crippen LogP contribution in [-0.4, -0.2) is 31.2 Å². The zero-order valence-electron chi connectivity index (χ0n) is 11.0. The van der Waals surface area contributed by atoms with E-state index in [0.717, 1.165) is 6.07 Å². The zero-order chi connectivity index (χ0) is 15.0. The third kappa shape index (κ3) is 3.88. The molecule has 0 aliphatic carbocycles. The molecule has 0 spiro atoms. The van der Waals surface area contributed by atoms with Crippen molar-refractivity contribution in [2.75, 3.05) is 13.6 Å². The first kappa shape index (κ1) is 16.4. The van der Waals surface area contributed by atoms with E-state index in [0.29, 0.717) is 17.9 Å². The van der Waals surface area contributed by atoms with Crippen LogP contribution in [0.4, 0.5) is 5.69 Å². The van der Waals surface area contributed by atoms with E-state index in [1.54, 1.807) is 0 Å². The predicted octanol–water partition coefficient (Wildman–Crippen LogP) is 2.98. The lowest BCUT2D eigenvalue weighted by molar-refractivity contribution is -0.384. The number of halogens is 1. The fraction of sp³-hybridized carbons (Fsp3) is 0.600. The van der Waals surface area contributed by atoms with Crippen LogP contribution in [0, 0.1) is 15.5 Å². The molecule has 0 bridgehead atoms.